The normalized spacial score (nSPS) is 9.83. The lowest BCUT2D eigenvalue weighted by Gasteiger charge is -1.98. The first-order chi connectivity index (χ1) is 5.52. The van der Waals surface area contributed by atoms with Gasteiger partial charge in [0, 0.05) is 10.2 Å². The van der Waals surface area contributed by atoms with E-state index in [1.54, 1.807) is 13.0 Å². The van der Waals surface area contributed by atoms with Crippen molar-refractivity contribution in [3.05, 3.63) is 32.2 Å². The minimum Gasteiger partial charge on any atom is -0.477 e. The van der Waals surface area contributed by atoms with E-state index in [0.717, 1.165) is 0 Å². The predicted octanol–water partition coefficient (Wildman–Crippen LogP) is 1.14. The predicted molar refractivity (Wildman–Crippen MR) is 46.5 cm³/mol. The molecule has 0 unspecified atom stereocenters. The van der Waals surface area contributed by atoms with Crippen LogP contribution in [-0.2, 0) is 0 Å². The van der Waals surface area contributed by atoms with Gasteiger partial charge in [0.05, 0.1) is 0 Å². The number of H-pyrrole nitrogens is 1. The van der Waals surface area contributed by atoms with E-state index in [0.29, 0.717) is 10.2 Å². The van der Waals surface area contributed by atoms with Crippen molar-refractivity contribution in [1.29, 1.82) is 0 Å². The zero-order chi connectivity index (χ0) is 9.30. The molecule has 0 saturated carbocycles. The summed E-state index contributed by atoms with van der Waals surface area (Å²) in [6.07, 6.45) is 0. The average molecular weight is 232 g/mol. The molecule has 0 saturated heterocycles. The van der Waals surface area contributed by atoms with E-state index in [1.165, 1.54) is 0 Å². The van der Waals surface area contributed by atoms with Crippen molar-refractivity contribution in [2.45, 2.75) is 6.92 Å². The second kappa shape index (κ2) is 3.10. The number of hydrogen-bond donors (Lipinski definition) is 2. The van der Waals surface area contributed by atoms with Crippen molar-refractivity contribution in [3.63, 3.8) is 0 Å². The topological polar surface area (TPSA) is 70.2 Å². The molecule has 64 valence electrons. The Morgan fingerprint density at radius 1 is 1.67 bits per heavy atom. The van der Waals surface area contributed by atoms with Crippen LogP contribution >= 0.6 is 15.9 Å². The number of halogens is 1. The van der Waals surface area contributed by atoms with Crippen molar-refractivity contribution in [2.24, 2.45) is 0 Å². The Labute approximate surface area is 76.4 Å². The number of carboxylic acids is 1. The Morgan fingerprint density at radius 2 is 2.25 bits per heavy atom. The molecule has 0 fully saturated rings. The Balaban J connectivity index is 3.49. The van der Waals surface area contributed by atoms with Gasteiger partial charge in [0.15, 0.2) is 0 Å². The molecule has 1 rings (SSSR count). The molecule has 0 aliphatic heterocycles. The van der Waals surface area contributed by atoms with Gasteiger partial charge in [-0.05, 0) is 28.9 Å². The fraction of sp³-hybridized carbons (Fsp3) is 0.143. The number of carbonyl (C=O) groups is 1. The highest BCUT2D eigenvalue weighted by molar-refractivity contribution is 9.10. The summed E-state index contributed by atoms with van der Waals surface area (Å²) in [6.45, 7) is 1.68. The number of pyridine rings is 1. The van der Waals surface area contributed by atoms with E-state index in [9.17, 15) is 9.59 Å². The molecule has 0 radical (unpaired) electrons. The molecule has 4 nitrogen and oxygen atoms in total. The van der Waals surface area contributed by atoms with Gasteiger partial charge in [-0.15, -0.1) is 0 Å². The highest BCUT2D eigenvalue weighted by atomic mass is 79.9. The number of aromatic nitrogens is 1. The lowest BCUT2D eigenvalue weighted by atomic mass is 10.2. The van der Waals surface area contributed by atoms with E-state index >= 15 is 0 Å². The minimum atomic E-state index is -1.23. The van der Waals surface area contributed by atoms with Gasteiger partial charge in [0.25, 0.3) is 5.56 Å². The molecule has 5 heteroatoms. The molecule has 0 aliphatic carbocycles. The number of hydrogen-bond acceptors (Lipinski definition) is 2. The maximum atomic E-state index is 11.0. The number of aromatic amines is 1. The molecule has 0 aliphatic rings. The fourth-order valence-electron chi connectivity index (χ4n) is 0.848. The lowest BCUT2D eigenvalue weighted by Crippen LogP contribution is -2.18. The van der Waals surface area contributed by atoms with E-state index in [-0.39, 0.29) is 5.56 Å². The fourth-order valence-corrected chi connectivity index (χ4v) is 1.54. The van der Waals surface area contributed by atoms with Gasteiger partial charge < -0.3 is 10.1 Å². The number of nitrogens with one attached hydrogen (secondary N) is 1. The van der Waals surface area contributed by atoms with Crippen LogP contribution in [0.4, 0.5) is 0 Å². The van der Waals surface area contributed by atoms with Crippen LogP contribution < -0.4 is 5.56 Å². The van der Waals surface area contributed by atoms with Gasteiger partial charge in [-0.2, -0.15) is 0 Å². The number of aromatic carboxylic acids is 1. The summed E-state index contributed by atoms with van der Waals surface area (Å²) in [4.78, 5) is 23.9. The van der Waals surface area contributed by atoms with E-state index in [4.69, 9.17) is 5.11 Å². The number of carboxylic acid groups (broad SMARTS) is 1. The van der Waals surface area contributed by atoms with Gasteiger partial charge in [0.2, 0.25) is 0 Å². The highest BCUT2D eigenvalue weighted by Gasteiger charge is 2.12. The third-order valence-corrected chi connectivity index (χ3v) is 1.96. The number of aryl methyl sites for hydroxylation is 1. The molecule has 1 heterocycles. The standard InChI is InChI=1S/C7H6BrNO3/c1-3-2-4(8)5(7(11)12)6(10)9-3/h2H,1H3,(H,9,10)(H,11,12). The van der Waals surface area contributed by atoms with Crippen LogP contribution in [0.25, 0.3) is 0 Å². The monoisotopic (exact) mass is 231 g/mol. The quantitative estimate of drug-likeness (QED) is 0.762. The molecule has 0 bridgehead atoms. The number of rotatable bonds is 1. The molecule has 1 aromatic heterocycles. The van der Waals surface area contributed by atoms with Crippen LogP contribution in [0.3, 0.4) is 0 Å². The minimum absolute atomic E-state index is 0.263. The average Bonchev–Trinajstić information content (AvgIpc) is 1.82. The first kappa shape index (κ1) is 8.99. The van der Waals surface area contributed by atoms with Gasteiger partial charge in [-0.1, -0.05) is 0 Å². The Kier molecular flexibility index (Phi) is 2.32. The molecule has 0 aromatic carbocycles. The van der Waals surface area contributed by atoms with Crippen molar-refractivity contribution >= 4 is 21.9 Å². The van der Waals surface area contributed by atoms with Crippen LogP contribution in [0.2, 0.25) is 0 Å². The molecule has 0 spiro atoms. The zero-order valence-corrected chi connectivity index (χ0v) is 7.81. The van der Waals surface area contributed by atoms with E-state index in [1.807, 2.05) is 0 Å². The molecule has 0 atom stereocenters. The van der Waals surface area contributed by atoms with Crippen LogP contribution in [-0.4, -0.2) is 16.1 Å². The molecule has 0 amide bonds. The van der Waals surface area contributed by atoms with Gasteiger partial charge >= 0.3 is 5.97 Å². The summed E-state index contributed by atoms with van der Waals surface area (Å²) in [5.74, 6) is -1.23. The van der Waals surface area contributed by atoms with Gasteiger partial charge in [-0.25, -0.2) is 4.79 Å². The zero-order valence-electron chi connectivity index (χ0n) is 6.22. The summed E-state index contributed by atoms with van der Waals surface area (Å²) in [5, 5.41) is 8.59. The van der Waals surface area contributed by atoms with E-state index in [2.05, 4.69) is 20.9 Å². The van der Waals surface area contributed by atoms with Crippen LogP contribution in [0.1, 0.15) is 16.1 Å². The maximum Gasteiger partial charge on any atom is 0.342 e. The van der Waals surface area contributed by atoms with Crippen LogP contribution in [0, 0.1) is 6.92 Å². The summed E-state index contributed by atoms with van der Waals surface area (Å²) in [7, 11) is 0. The van der Waals surface area contributed by atoms with Crippen LogP contribution in [0.5, 0.6) is 0 Å². The maximum absolute atomic E-state index is 11.0. The van der Waals surface area contributed by atoms with Crippen LogP contribution in [0.15, 0.2) is 15.3 Å². The molecular weight excluding hydrogens is 226 g/mol. The largest absolute Gasteiger partial charge is 0.477 e. The van der Waals surface area contributed by atoms with Crippen molar-refractivity contribution < 1.29 is 9.90 Å². The van der Waals surface area contributed by atoms with Crippen molar-refractivity contribution in [2.75, 3.05) is 0 Å². The molecule has 1 aromatic rings. The van der Waals surface area contributed by atoms with E-state index < -0.39 is 11.5 Å². The van der Waals surface area contributed by atoms with Gasteiger partial charge in [-0.3, -0.25) is 4.79 Å². The molecule has 12 heavy (non-hydrogen) atoms. The Bertz CT molecular complexity index is 383. The summed E-state index contributed by atoms with van der Waals surface area (Å²) in [5.41, 5.74) is -0.230. The summed E-state index contributed by atoms with van der Waals surface area (Å²) in [6, 6.07) is 1.55. The van der Waals surface area contributed by atoms with Crippen molar-refractivity contribution in [1.82, 2.24) is 4.98 Å². The summed E-state index contributed by atoms with van der Waals surface area (Å²) >= 11 is 3.00. The highest BCUT2D eigenvalue weighted by Crippen LogP contribution is 2.12. The second-order valence-electron chi connectivity index (χ2n) is 2.31. The van der Waals surface area contributed by atoms with Crippen molar-refractivity contribution in [3.8, 4) is 0 Å². The SMILES string of the molecule is Cc1cc(Br)c(C(=O)O)c(=O)[nH]1. The Hall–Kier alpha value is -1.10. The first-order valence-corrected chi connectivity index (χ1v) is 3.94. The first-order valence-electron chi connectivity index (χ1n) is 3.15. The lowest BCUT2D eigenvalue weighted by molar-refractivity contribution is 0.0694. The Morgan fingerprint density at radius 3 is 2.67 bits per heavy atom. The molecular formula is C7H6BrNO3. The second-order valence-corrected chi connectivity index (χ2v) is 3.16. The van der Waals surface area contributed by atoms with Gasteiger partial charge in [0.1, 0.15) is 5.56 Å². The third-order valence-electron chi connectivity index (χ3n) is 1.33. The smallest absolute Gasteiger partial charge is 0.342 e. The third kappa shape index (κ3) is 1.55. The molecule has 2 N–H and O–H groups in total. The summed E-state index contributed by atoms with van der Waals surface area (Å²) < 4.78 is 0.302.